The second-order valence-electron chi connectivity index (χ2n) is 9.21. The van der Waals surface area contributed by atoms with Crippen LogP contribution in [0, 0.1) is 20.8 Å². The molecular weight excluding hydrogens is 426 g/mol. The number of carbonyl (C=O) groups is 1. The maximum atomic E-state index is 13.4. The van der Waals surface area contributed by atoms with Crippen molar-refractivity contribution >= 4 is 23.4 Å². The first-order valence-electron chi connectivity index (χ1n) is 12.0. The van der Waals surface area contributed by atoms with Crippen LogP contribution in [0.1, 0.15) is 70.4 Å². The highest BCUT2D eigenvalue weighted by molar-refractivity contribution is 6.11. The average molecular weight is 464 g/mol. The number of pyridine rings is 1. The SMILES string of the molecule is CN=CC(=CN)c1cc(C(=O)NCc2c(C)cc(C)[nH]c2=O)c(C)c(N(C)C2CCCCC2)c1. The molecule has 7 heteroatoms. The van der Waals surface area contributed by atoms with Gasteiger partial charge in [-0.3, -0.25) is 14.6 Å². The van der Waals surface area contributed by atoms with Gasteiger partial charge in [-0.2, -0.15) is 0 Å². The zero-order valence-electron chi connectivity index (χ0n) is 21.0. The van der Waals surface area contributed by atoms with Crippen LogP contribution in [-0.2, 0) is 6.54 Å². The van der Waals surface area contributed by atoms with Crippen molar-refractivity contribution in [2.24, 2.45) is 10.7 Å². The Kier molecular flexibility index (Phi) is 8.31. The molecule has 0 saturated heterocycles. The lowest BCUT2D eigenvalue weighted by molar-refractivity contribution is 0.0950. The summed E-state index contributed by atoms with van der Waals surface area (Å²) in [4.78, 5) is 35.0. The van der Waals surface area contributed by atoms with Crippen LogP contribution in [0.15, 0.2) is 34.2 Å². The summed E-state index contributed by atoms with van der Waals surface area (Å²) in [5.41, 5.74) is 12.0. The van der Waals surface area contributed by atoms with E-state index in [2.05, 4.69) is 33.3 Å². The van der Waals surface area contributed by atoms with Gasteiger partial charge in [0.1, 0.15) is 0 Å². The number of nitrogens with one attached hydrogen (secondary N) is 2. The van der Waals surface area contributed by atoms with E-state index in [4.69, 9.17) is 5.73 Å². The fraction of sp³-hybridized carbons (Fsp3) is 0.444. The lowest BCUT2D eigenvalue weighted by Gasteiger charge is -2.34. The van der Waals surface area contributed by atoms with E-state index in [1.165, 1.54) is 25.5 Å². The molecule has 0 atom stereocenters. The number of amides is 1. The average Bonchev–Trinajstić information content (AvgIpc) is 2.82. The third-order valence-electron chi connectivity index (χ3n) is 6.83. The van der Waals surface area contributed by atoms with Crippen LogP contribution >= 0.6 is 0 Å². The molecule has 1 fully saturated rings. The largest absolute Gasteiger partial charge is 0.404 e. The van der Waals surface area contributed by atoms with Gasteiger partial charge in [0, 0.05) is 67.2 Å². The predicted octanol–water partition coefficient (Wildman–Crippen LogP) is 4.00. The molecule has 0 radical (unpaired) electrons. The van der Waals surface area contributed by atoms with Crippen LogP contribution in [0.25, 0.3) is 5.57 Å². The van der Waals surface area contributed by atoms with Gasteiger partial charge in [-0.15, -0.1) is 0 Å². The minimum Gasteiger partial charge on any atom is -0.404 e. The van der Waals surface area contributed by atoms with Gasteiger partial charge in [-0.25, -0.2) is 0 Å². The molecule has 0 unspecified atom stereocenters. The van der Waals surface area contributed by atoms with E-state index in [0.29, 0.717) is 17.2 Å². The molecule has 4 N–H and O–H groups in total. The van der Waals surface area contributed by atoms with Crippen molar-refractivity contribution in [2.45, 2.75) is 65.5 Å². The number of H-pyrrole nitrogens is 1. The van der Waals surface area contributed by atoms with E-state index in [9.17, 15) is 9.59 Å². The summed E-state index contributed by atoms with van der Waals surface area (Å²) >= 11 is 0. The number of aryl methyl sites for hydroxylation is 2. The molecule has 7 nitrogen and oxygen atoms in total. The van der Waals surface area contributed by atoms with Gasteiger partial charge in [0.05, 0.1) is 0 Å². The fourth-order valence-corrected chi connectivity index (χ4v) is 4.85. The molecule has 1 heterocycles. The van der Waals surface area contributed by atoms with Gasteiger partial charge in [0.2, 0.25) is 0 Å². The Morgan fingerprint density at radius 1 is 1.21 bits per heavy atom. The van der Waals surface area contributed by atoms with E-state index < -0.39 is 0 Å². The highest BCUT2D eigenvalue weighted by atomic mass is 16.1. The first kappa shape index (κ1) is 25.3. The quantitative estimate of drug-likeness (QED) is 0.540. The number of hydrogen-bond donors (Lipinski definition) is 3. The van der Waals surface area contributed by atoms with Crippen LogP contribution in [0.3, 0.4) is 0 Å². The van der Waals surface area contributed by atoms with Crippen molar-refractivity contribution in [3.05, 3.63) is 68.3 Å². The van der Waals surface area contributed by atoms with Crippen molar-refractivity contribution < 1.29 is 4.79 Å². The second kappa shape index (κ2) is 11.2. The summed E-state index contributed by atoms with van der Waals surface area (Å²) in [6.45, 7) is 5.87. The maximum Gasteiger partial charge on any atom is 0.253 e. The third kappa shape index (κ3) is 5.58. The van der Waals surface area contributed by atoms with Crippen LogP contribution < -0.4 is 21.5 Å². The van der Waals surface area contributed by atoms with E-state index in [0.717, 1.165) is 46.5 Å². The number of nitrogens with zero attached hydrogens (tertiary/aromatic N) is 2. The molecule has 3 rings (SSSR count). The Hall–Kier alpha value is -3.35. The van der Waals surface area contributed by atoms with Crippen molar-refractivity contribution in [1.82, 2.24) is 10.3 Å². The van der Waals surface area contributed by atoms with Gasteiger partial charge < -0.3 is 20.9 Å². The van der Waals surface area contributed by atoms with Crippen LogP contribution in [0.4, 0.5) is 5.69 Å². The molecular formula is C27H37N5O2. The van der Waals surface area contributed by atoms with Crippen LogP contribution in [-0.4, -0.2) is 37.2 Å². The molecule has 1 aliphatic carbocycles. The topological polar surface area (TPSA) is 104 Å². The standard InChI is InChI=1S/C27H37N5O2/c1-17-11-18(2)31-27(34)24(17)16-30-26(33)23-12-20(21(14-28)15-29-4)13-25(19(23)3)32(5)22-9-7-6-8-10-22/h11-15,22H,6-10,16,28H2,1-5H3,(H,30,33)(H,31,34). The lowest BCUT2D eigenvalue weighted by atomic mass is 9.92. The molecule has 34 heavy (non-hydrogen) atoms. The zero-order valence-corrected chi connectivity index (χ0v) is 21.0. The van der Waals surface area contributed by atoms with E-state index in [-0.39, 0.29) is 18.0 Å². The summed E-state index contributed by atoms with van der Waals surface area (Å²) in [6, 6.07) is 6.30. The lowest BCUT2D eigenvalue weighted by Crippen LogP contribution is -2.34. The number of rotatable bonds is 7. The molecule has 2 aromatic rings. The molecule has 1 aromatic heterocycles. The Bertz CT molecular complexity index is 1160. The third-order valence-corrected chi connectivity index (χ3v) is 6.83. The number of aliphatic imine (C=N–C) groups is 1. The highest BCUT2D eigenvalue weighted by Gasteiger charge is 2.23. The van der Waals surface area contributed by atoms with Crippen LogP contribution in [0.5, 0.6) is 0 Å². The molecule has 1 amide bonds. The van der Waals surface area contributed by atoms with Crippen molar-refractivity contribution in [2.75, 3.05) is 19.0 Å². The molecule has 0 bridgehead atoms. The van der Waals surface area contributed by atoms with Gasteiger partial charge in [-0.1, -0.05) is 19.3 Å². The normalized spacial score (nSPS) is 15.0. The number of nitrogens with two attached hydrogens (primary N) is 1. The Morgan fingerprint density at radius 3 is 2.53 bits per heavy atom. The molecule has 0 aliphatic heterocycles. The van der Waals surface area contributed by atoms with E-state index in [1.807, 2.05) is 32.9 Å². The van der Waals surface area contributed by atoms with E-state index >= 15 is 0 Å². The second-order valence-corrected chi connectivity index (χ2v) is 9.21. The van der Waals surface area contributed by atoms with Gasteiger partial charge in [-0.05, 0) is 68.5 Å². The minimum atomic E-state index is -0.221. The summed E-state index contributed by atoms with van der Waals surface area (Å²) < 4.78 is 0. The molecule has 1 saturated carbocycles. The van der Waals surface area contributed by atoms with Gasteiger partial charge >= 0.3 is 0 Å². The number of allylic oxidation sites excluding steroid dienone is 1. The Morgan fingerprint density at radius 2 is 1.91 bits per heavy atom. The maximum absolute atomic E-state index is 13.4. The predicted molar refractivity (Wildman–Crippen MR) is 141 cm³/mol. The van der Waals surface area contributed by atoms with Crippen molar-refractivity contribution in [3.63, 3.8) is 0 Å². The number of carbonyl (C=O) groups excluding carboxylic acids is 1. The Labute approximate surface area is 202 Å². The molecule has 1 aromatic carbocycles. The molecule has 182 valence electrons. The van der Waals surface area contributed by atoms with E-state index in [1.54, 1.807) is 13.3 Å². The summed E-state index contributed by atoms with van der Waals surface area (Å²) in [7, 11) is 3.81. The summed E-state index contributed by atoms with van der Waals surface area (Å²) in [5, 5.41) is 2.96. The monoisotopic (exact) mass is 463 g/mol. The first-order valence-corrected chi connectivity index (χ1v) is 12.0. The highest BCUT2D eigenvalue weighted by Crippen LogP contribution is 2.32. The minimum absolute atomic E-state index is 0.160. The summed E-state index contributed by atoms with van der Waals surface area (Å²) in [6.07, 6.45) is 9.23. The number of hydrogen-bond acceptors (Lipinski definition) is 5. The smallest absolute Gasteiger partial charge is 0.253 e. The number of benzene rings is 1. The number of aromatic nitrogens is 1. The number of anilines is 1. The fourth-order valence-electron chi connectivity index (χ4n) is 4.85. The van der Waals surface area contributed by atoms with Crippen molar-refractivity contribution in [1.29, 1.82) is 0 Å². The van der Waals surface area contributed by atoms with Gasteiger partial charge in [0.15, 0.2) is 0 Å². The number of aromatic amines is 1. The zero-order chi connectivity index (χ0) is 24.8. The van der Waals surface area contributed by atoms with Crippen molar-refractivity contribution in [3.8, 4) is 0 Å². The summed E-state index contributed by atoms with van der Waals surface area (Å²) in [5.74, 6) is -0.221. The molecule has 0 spiro atoms. The van der Waals surface area contributed by atoms with Crippen LogP contribution in [0.2, 0.25) is 0 Å². The van der Waals surface area contributed by atoms with Gasteiger partial charge in [0.25, 0.3) is 11.5 Å². The Balaban J connectivity index is 1.99. The molecule has 1 aliphatic rings. The first-order chi connectivity index (χ1) is 16.3.